The molecule has 21 heavy (non-hydrogen) atoms. The summed E-state index contributed by atoms with van der Waals surface area (Å²) in [6, 6.07) is 10.5. The van der Waals surface area contributed by atoms with Crippen LogP contribution < -0.4 is 0 Å². The van der Waals surface area contributed by atoms with E-state index in [-0.39, 0.29) is 30.0 Å². The molecule has 3 nitrogen and oxygen atoms in total. The van der Waals surface area contributed by atoms with E-state index >= 15 is 0 Å². The average molecular weight is 286 g/mol. The van der Waals surface area contributed by atoms with E-state index in [1.807, 2.05) is 6.07 Å². The van der Waals surface area contributed by atoms with Crippen LogP contribution in [0.3, 0.4) is 0 Å². The van der Waals surface area contributed by atoms with Crippen molar-refractivity contribution in [3.05, 3.63) is 48.0 Å². The second kappa shape index (κ2) is 6.44. The number of unbranched alkanes of at least 4 members (excludes halogenated alkanes) is 1. The van der Waals surface area contributed by atoms with Crippen LogP contribution >= 0.6 is 0 Å². The molecule has 1 aromatic rings. The van der Waals surface area contributed by atoms with Gasteiger partial charge in [0.25, 0.3) is 0 Å². The summed E-state index contributed by atoms with van der Waals surface area (Å²) in [6.07, 6.45) is 8.06. The maximum atomic E-state index is 11.3. The minimum Gasteiger partial charge on any atom is -0.462 e. The SMILES string of the molecule is O=C1CC2C(CC(O)C2C=CCCCc2ccccc2)O1. The number of esters is 1. The van der Waals surface area contributed by atoms with E-state index < -0.39 is 0 Å². The number of rotatable bonds is 5. The lowest BCUT2D eigenvalue weighted by Crippen LogP contribution is -2.17. The van der Waals surface area contributed by atoms with Crippen molar-refractivity contribution < 1.29 is 14.6 Å². The summed E-state index contributed by atoms with van der Waals surface area (Å²) in [5.74, 6) is 0.149. The van der Waals surface area contributed by atoms with Crippen LogP contribution in [-0.4, -0.2) is 23.3 Å². The predicted molar refractivity (Wildman–Crippen MR) is 80.6 cm³/mol. The van der Waals surface area contributed by atoms with Crippen LogP contribution in [0.15, 0.2) is 42.5 Å². The van der Waals surface area contributed by atoms with Crippen molar-refractivity contribution in [3.63, 3.8) is 0 Å². The molecule has 0 spiro atoms. The molecule has 4 unspecified atom stereocenters. The lowest BCUT2D eigenvalue weighted by Gasteiger charge is -2.14. The number of allylic oxidation sites excluding steroid dienone is 1. The van der Waals surface area contributed by atoms with Crippen molar-refractivity contribution in [2.75, 3.05) is 0 Å². The fourth-order valence-corrected chi connectivity index (χ4v) is 3.51. The molecule has 1 aliphatic carbocycles. The Morgan fingerprint density at radius 3 is 2.90 bits per heavy atom. The number of aryl methyl sites for hydroxylation is 1. The van der Waals surface area contributed by atoms with Crippen LogP contribution in [0.2, 0.25) is 0 Å². The van der Waals surface area contributed by atoms with Gasteiger partial charge in [-0.05, 0) is 24.8 Å². The Bertz CT molecular complexity index is 508. The third-order valence-corrected chi connectivity index (χ3v) is 4.61. The minimum absolute atomic E-state index is 0.0635. The van der Waals surface area contributed by atoms with E-state index in [2.05, 4.69) is 36.4 Å². The van der Waals surface area contributed by atoms with Crippen LogP contribution in [0, 0.1) is 11.8 Å². The van der Waals surface area contributed by atoms with E-state index in [0.717, 1.165) is 19.3 Å². The van der Waals surface area contributed by atoms with E-state index in [4.69, 9.17) is 4.74 Å². The highest BCUT2D eigenvalue weighted by Crippen LogP contribution is 2.42. The predicted octanol–water partition coefficient (Wildman–Crippen LogP) is 2.88. The van der Waals surface area contributed by atoms with Gasteiger partial charge in [-0.1, -0.05) is 42.5 Å². The standard InChI is InChI=1S/C18H22O3/c19-16-12-17-15(11-18(20)21-17)14(16)10-6-2-5-9-13-7-3-1-4-8-13/h1,3-4,6-8,10,14-17,19H,2,5,9,11-12H2. The quantitative estimate of drug-likeness (QED) is 0.514. The van der Waals surface area contributed by atoms with Gasteiger partial charge in [-0.2, -0.15) is 0 Å². The molecule has 3 heteroatoms. The van der Waals surface area contributed by atoms with Gasteiger partial charge in [-0.25, -0.2) is 0 Å². The molecular weight excluding hydrogens is 264 g/mol. The van der Waals surface area contributed by atoms with Crippen molar-refractivity contribution >= 4 is 5.97 Å². The van der Waals surface area contributed by atoms with Gasteiger partial charge in [0, 0.05) is 18.3 Å². The Hall–Kier alpha value is -1.61. The number of aliphatic hydroxyl groups excluding tert-OH is 1. The molecule has 3 rings (SSSR count). The average Bonchev–Trinajstić information content (AvgIpc) is 2.96. The minimum atomic E-state index is -0.363. The maximum absolute atomic E-state index is 11.3. The van der Waals surface area contributed by atoms with Crippen molar-refractivity contribution in [1.29, 1.82) is 0 Å². The Labute approximate surface area is 125 Å². The molecule has 2 aliphatic rings. The monoisotopic (exact) mass is 286 g/mol. The Kier molecular flexibility index (Phi) is 4.39. The normalized spacial score (nSPS) is 31.6. The Balaban J connectivity index is 1.46. The van der Waals surface area contributed by atoms with Gasteiger partial charge >= 0.3 is 5.97 Å². The number of carbonyl (C=O) groups excluding carboxylic acids is 1. The molecule has 1 heterocycles. The number of ether oxygens (including phenoxy) is 1. The van der Waals surface area contributed by atoms with Crippen molar-refractivity contribution in [1.82, 2.24) is 0 Å². The lowest BCUT2D eigenvalue weighted by atomic mass is 9.91. The molecular formula is C18H22O3. The highest BCUT2D eigenvalue weighted by molar-refractivity contribution is 5.72. The summed E-state index contributed by atoms with van der Waals surface area (Å²) in [6.45, 7) is 0. The topological polar surface area (TPSA) is 46.5 Å². The van der Waals surface area contributed by atoms with Gasteiger partial charge in [0.2, 0.25) is 0 Å². The largest absolute Gasteiger partial charge is 0.462 e. The molecule has 1 saturated carbocycles. The fourth-order valence-electron chi connectivity index (χ4n) is 3.51. The van der Waals surface area contributed by atoms with Crippen LogP contribution in [0.4, 0.5) is 0 Å². The first-order chi connectivity index (χ1) is 10.2. The molecule has 1 saturated heterocycles. The van der Waals surface area contributed by atoms with Gasteiger partial charge in [-0.3, -0.25) is 4.79 Å². The number of fused-ring (bicyclic) bond motifs is 1. The van der Waals surface area contributed by atoms with Gasteiger partial charge in [0.1, 0.15) is 6.10 Å². The highest BCUT2D eigenvalue weighted by Gasteiger charge is 2.48. The zero-order valence-electron chi connectivity index (χ0n) is 12.2. The molecule has 4 atom stereocenters. The van der Waals surface area contributed by atoms with Gasteiger partial charge in [0.05, 0.1) is 12.5 Å². The zero-order valence-corrected chi connectivity index (χ0v) is 12.2. The molecule has 2 fully saturated rings. The van der Waals surface area contributed by atoms with Gasteiger partial charge in [-0.15, -0.1) is 0 Å². The van der Waals surface area contributed by atoms with Crippen LogP contribution in [-0.2, 0) is 16.0 Å². The van der Waals surface area contributed by atoms with Crippen LogP contribution in [0.5, 0.6) is 0 Å². The van der Waals surface area contributed by atoms with Crippen molar-refractivity contribution in [3.8, 4) is 0 Å². The third kappa shape index (κ3) is 3.35. The summed E-state index contributed by atoms with van der Waals surface area (Å²) in [5.41, 5.74) is 1.36. The molecule has 0 bridgehead atoms. The molecule has 1 N–H and O–H groups in total. The summed E-state index contributed by atoms with van der Waals surface area (Å²) in [4.78, 5) is 11.3. The van der Waals surface area contributed by atoms with E-state index in [0.29, 0.717) is 12.8 Å². The second-order valence-corrected chi connectivity index (χ2v) is 6.08. The fraction of sp³-hybridized carbons (Fsp3) is 0.500. The van der Waals surface area contributed by atoms with Gasteiger partial charge < -0.3 is 9.84 Å². The van der Waals surface area contributed by atoms with E-state index in [1.54, 1.807) is 0 Å². The Morgan fingerprint density at radius 1 is 1.29 bits per heavy atom. The first kappa shape index (κ1) is 14.3. The molecule has 1 aromatic carbocycles. The molecule has 112 valence electrons. The molecule has 0 amide bonds. The second-order valence-electron chi connectivity index (χ2n) is 6.08. The molecule has 1 aliphatic heterocycles. The first-order valence-corrected chi connectivity index (χ1v) is 7.82. The Morgan fingerprint density at radius 2 is 2.10 bits per heavy atom. The third-order valence-electron chi connectivity index (χ3n) is 4.61. The number of hydrogen-bond donors (Lipinski definition) is 1. The summed E-state index contributed by atoms with van der Waals surface area (Å²) >= 11 is 0. The molecule has 0 radical (unpaired) electrons. The number of carbonyl (C=O) groups is 1. The van der Waals surface area contributed by atoms with Crippen LogP contribution in [0.1, 0.15) is 31.2 Å². The van der Waals surface area contributed by atoms with E-state index in [1.165, 1.54) is 5.56 Å². The van der Waals surface area contributed by atoms with Crippen molar-refractivity contribution in [2.45, 2.75) is 44.3 Å². The summed E-state index contributed by atoms with van der Waals surface area (Å²) < 4.78 is 5.24. The summed E-state index contributed by atoms with van der Waals surface area (Å²) in [5, 5.41) is 10.1. The zero-order chi connectivity index (χ0) is 14.7. The number of benzene rings is 1. The highest BCUT2D eigenvalue weighted by atomic mass is 16.6. The van der Waals surface area contributed by atoms with E-state index in [9.17, 15) is 9.90 Å². The number of aliphatic hydroxyl groups is 1. The molecule has 0 aromatic heterocycles. The van der Waals surface area contributed by atoms with Crippen molar-refractivity contribution in [2.24, 2.45) is 11.8 Å². The first-order valence-electron chi connectivity index (χ1n) is 7.82. The van der Waals surface area contributed by atoms with Gasteiger partial charge in [0.15, 0.2) is 0 Å². The maximum Gasteiger partial charge on any atom is 0.306 e. The lowest BCUT2D eigenvalue weighted by molar-refractivity contribution is -0.141. The van der Waals surface area contributed by atoms with Crippen LogP contribution in [0.25, 0.3) is 0 Å². The summed E-state index contributed by atoms with van der Waals surface area (Å²) in [7, 11) is 0. The smallest absolute Gasteiger partial charge is 0.306 e. The number of hydrogen-bond acceptors (Lipinski definition) is 3.